The molecule has 1 N–H and O–H groups in total. The molecule has 0 spiro atoms. The third-order valence-corrected chi connectivity index (χ3v) is 5.86. The van der Waals surface area contributed by atoms with E-state index in [2.05, 4.69) is 84.2 Å². The normalized spacial score (nSPS) is 18.2. The van der Waals surface area contributed by atoms with E-state index in [4.69, 9.17) is 0 Å². The molecule has 3 aromatic rings. The van der Waals surface area contributed by atoms with Gasteiger partial charge in [0.1, 0.15) is 0 Å². The van der Waals surface area contributed by atoms with Gasteiger partial charge >= 0.3 is 0 Å². The molecular weight excluding hydrogens is 340 g/mol. The summed E-state index contributed by atoms with van der Waals surface area (Å²) in [6.45, 7) is 2.02. The molecule has 2 heteroatoms. The Balaban J connectivity index is 1.50. The monoisotopic (exact) mass is 366 g/mol. The summed E-state index contributed by atoms with van der Waals surface area (Å²) in [5.74, 6) is 0.959. The average Bonchev–Trinajstić information content (AvgIpc) is 2.77. The van der Waals surface area contributed by atoms with Gasteiger partial charge in [0.2, 0.25) is 0 Å². The van der Waals surface area contributed by atoms with Crippen LogP contribution in [0, 0.1) is 17.2 Å². The summed E-state index contributed by atoms with van der Waals surface area (Å²) in [5.41, 5.74) is 6.26. The Kier molecular flexibility index (Phi) is 5.85. The highest BCUT2D eigenvalue weighted by atomic mass is 14.9. The second-order valence-electron chi connectivity index (χ2n) is 7.65. The van der Waals surface area contributed by atoms with Crippen molar-refractivity contribution in [1.29, 1.82) is 5.26 Å². The van der Waals surface area contributed by atoms with Gasteiger partial charge in [-0.15, -0.1) is 0 Å². The molecule has 140 valence electrons. The summed E-state index contributed by atoms with van der Waals surface area (Å²) in [6.07, 6.45) is 3.27. The van der Waals surface area contributed by atoms with Gasteiger partial charge in [-0.3, -0.25) is 0 Å². The Hall–Kier alpha value is -2.89. The van der Waals surface area contributed by atoms with E-state index in [0.29, 0.717) is 11.8 Å². The van der Waals surface area contributed by atoms with Gasteiger partial charge in [-0.2, -0.15) is 5.26 Å². The van der Waals surface area contributed by atoms with Crippen molar-refractivity contribution in [2.24, 2.45) is 5.92 Å². The van der Waals surface area contributed by atoms with Crippen molar-refractivity contribution in [3.8, 4) is 6.07 Å². The van der Waals surface area contributed by atoms with Crippen molar-refractivity contribution < 1.29 is 0 Å². The molecule has 0 saturated heterocycles. The highest BCUT2D eigenvalue weighted by Crippen LogP contribution is 2.40. The molecule has 1 aliphatic carbocycles. The third-order valence-electron chi connectivity index (χ3n) is 5.86. The van der Waals surface area contributed by atoms with Gasteiger partial charge in [0, 0.05) is 5.92 Å². The highest BCUT2D eigenvalue weighted by Gasteiger charge is 2.30. The number of benzene rings is 3. The summed E-state index contributed by atoms with van der Waals surface area (Å²) in [7, 11) is 0. The lowest BCUT2D eigenvalue weighted by molar-refractivity contribution is 0.385. The van der Waals surface area contributed by atoms with E-state index >= 15 is 0 Å². The Morgan fingerprint density at radius 2 is 1.68 bits per heavy atom. The van der Waals surface area contributed by atoms with Crippen LogP contribution in [0.2, 0.25) is 0 Å². The minimum Gasteiger partial charge on any atom is -0.316 e. The van der Waals surface area contributed by atoms with E-state index in [-0.39, 0.29) is 0 Å². The summed E-state index contributed by atoms with van der Waals surface area (Å²) in [4.78, 5) is 0. The molecule has 0 saturated carbocycles. The van der Waals surface area contributed by atoms with Crippen LogP contribution >= 0.6 is 0 Å². The molecule has 0 bridgehead atoms. The zero-order valence-corrected chi connectivity index (χ0v) is 16.1. The quantitative estimate of drug-likeness (QED) is 0.617. The molecule has 1 aliphatic rings. The molecule has 2 unspecified atom stereocenters. The Morgan fingerprint density at radius 3 is 2.43 bits per heavy atom. The van der Waals surface area contributed by atoms with E-state index < -0.39 is 0 Å². The first kappa shape index (κ1) is 18.5. The van der Waals surface area contributed by atoms with Crippen LogP contribution in [0.25, 0.3) is 0 Å². The fraction of sp³-hybridized carbons (Fsp3) is 0.269. The standard InChI is InChI=1S/C26H26N2/c27-18-21-11-14-25-23(17-21)12-13-24(26(25)22-9-5-2-6-10-22)19-28-16-15-20-7-3-1-4-8-20/h1-11,14,17,24,26,28H,12-13,15-16,19H2. The number of hydrogen-bond acceptors (Lipinski definition) is 2. The molecule has 3 aromatic carbocycles. The van der Waals surface area contributed by atoms with E-state index in [0.717, 1.165) is 37.9 Å². The minimum atomic E-state index is 0.391. The van der Waals surface area contributed by atoms with Crippen LogP contribution in [0.1, 0.15) is 40.2 Å². The first-order valence-corrected chi connectivity index (χ1v) is 10.2. The van der Waals surface area contributed by atoms with Crippen LogP contribution < -0.4 is 5.32 Å². The lowest BCUT2D eigenvalue weighted by Gasteiger charge is -2.34. The predicted octanol–water partition coefficient (Wildman–Crippen LogP) is 5.08. The number of aryl methyl sites for hydroxylation is 1. The molecule has 2 nitrogen and oxygen atoms in total. The molecule has 0 aliphatic heterocycles. The van der Waals surface area contributed by atoms with Crippen molar-refractivity contribution in [3.63, 3.8) is 0 Å². The summed E-state index contributed by atoms with van der Waals surface area (Å²) < 4.78 is 0. The van der Waals surface area contributed by atoms with E-state index in [1.54, 1.807) is 0 Å². The van der Waals surface area contributed by atoms with Gasteiger partial charge in [-0.25, -0.2) is 0 Å². The molecule has 0 amide bonds. The van der Waals surface area contributed by atoms with Gasteiger partial charge in [0.15, 0.2) is 0 Å². The fourth-order valence-corrected chi connectivity index (χ4v) is 4.45. The van der Waals surface area contributed by atoms with Crippen LogP contribution in [-0.4, -0.2) is 13.1 Å². The Morgan fingerprint density at radius 1 is 0.929 bits per heavy atom. The topological polar surface area (TPSA) is 35.8 Å². The number of nitrogens with one attached hydrogen (secondary N) is 1. The van der Waals surface area contributed by atoms with Crippen LogP contribution in [0.4, 0.5) is 0 Å². The van der Waals surface area contributed by atoms with Gasteiger partial charge in [-0.05, 0) is 72.7 Å². The lowest BCUT2D eigenvalue weighted by Crippen LogP contribution is -2.32. The van der Waals surface area contributed by atoms with Crippen LogP contribution in [0.5, 0.6) is 0 Å². The van der Waals surface area contributed by atoms with E-state index in [1.807, 2.05) is 6.07 Å². The smallest absolute Gasteiger partial charge is 0.0991 e. The zero-order valence-electron chi connectivity index (χ0n) is 16.1. The summed E-state index contributed by atoms with van der Waals surface area (Å²) >= 11 is 0. The lowest BCUT2D eigenvalue weighted by atomic mass is 9.71. The second kappa shape index (κ2) is 8.87. The van der Waals surface area contributed by atoms with Crippen LogP contribution in [0.3, 0.4) is 0 Å². The average molecular weight is 367 g/mol. The number of hydrogen-bond donors (Lipinski definition) is 1. The number of nitriles is 1. The Labute approximate surface area is 167 Å². The number of fused-ring (bicyclic) bond motifs is 1. The second-order valence-corrected chi connectivity index (χ2v) is 7.65. The maximum absolute atomic E-state index is 9.25. The maximum atomic E-state index is 9.25. The first-order chi connectivity index (χ1) is 13.8. The van der Waals surface area contributed by atoms with Gasteiger partial charge < -0.3 is 5.32 Å². The zero-order chi connectivity index (χ0) is 19.2. The van der Waals surface area contributed by atoms with Gasteiger partial charge in [-0.1, -0.05) is 66.7 Å². The molecule has 28 heavy (non-hydrogen) atoms. The van der Waals surface area contributed by atoms with Gasteiger partial charge in [0.25, 0.3) is 0 Å². The summed E-state index contributed by atoms with van der Waals surface area (Å²) in [6, 6.07) is 30.0. The largest absolute Gasteiger partial charge is 0.316 e. The number of rotatable bonds is 6. The van der Waals surface area contributed by atoms with E-state index in [9.17, 15) is 5.26 Å². The predicted molar refractivity (Wildman–Crippen MR) is 114 cm³/mol. The Bertz CT molecular complexity index is 941. The molecule has 2 atom stereocenters. The molecule has 4 rings (SSSR count). The van der Waals surface area contributed by atoms with Crippen LogP contribution in [-0.2, 0) is 12.8 Å². The molecule has 0 heterocycles. The SMILES string of the molecule is N#Cc1ccc2c(c1)CCC(CNCCc1ccccc1)C2c1ccccc1. The van der Waals surface area contributed by atoms with Crippen molar-refractivity contribution in [2.75, 3.05) is 13.1 Å². The number of nitrogens with zero attached hydrogens (tertiary/aromatic N) is 1. The fourth-order valence-electron chi connectivity index (χ4n) is 4.45. The van der Waals surface area contributed by atoms with E-state index in [1.165, 1.54) is 22.3 Å². The van der Waals surface area contributed by atoms with Crippen molar-refractivity contribution in [2.45, 2.75) is 25.2 Å². The summed E-state index contributed by atoms with van der Waals surface area (Å²) in [5, 5.41) is 13.0. The molecular formula is C26H26N2. The molecule has 0 radical (unpaired) electrons. The van der Waals surface area contributed by atoms with Crippen molar-refractivity contribution in [3.05, 3.63) is 107 Å². The third kappa shape index (κ3) is 4.16. The highest BCUT2D eigenvalue weighted by molar-refractivity contribution is 5.45. The maximum Gasteiger partial charge on any atom is 0.0991 e. The minimum absolute atomic E-state index is 0.391. The molecule has 0 fully saturated rings. The van der Waals surface area contributed by atoms with Crippen molar-refractivity contribution >= 4 is 0 Å². The van der Waals surface area contributed by atoms with Crippen molar-refractivity contribution in [1.82, 2.24) is 5.32 Å². The van der Waals surface area contributed by atoms with Crippen LogP contribution in [0.15, 0.2) is 78.9 Å². The first-order valence-electron chi connectivity index (χ1n) is 10.2. The molecule has 0 aromatic heterocycles. The van der Waals surface area contributed by atoms with Gasteiger partial charge in [0.05, 0.1) is 11.6 Å².